The summed E-state index contributed by atoms with van der Waals surface area (Å²) in [6.07, 6.45) is 6.11. The molecule has 1 saturated heterocycles. The Hall–Kier alpha value is -0.0800. The van der Waals surface area contributed by atoms with E-state index in [-0.39, 0.29) is 6.10 Å². The lowest BCUT2D eigenvalue weighted by molar-refractivity contribution is 0.00623. The largest absolute Gasteiger partial charge is 0.393 e. The monoisotopic (exact) mass is 239 g/mol. The zero-order valence-corrected chi connectivity index (χ0v) is 11.8. The Balaban J connectivity index is 1.90. The lowest BCUT2D eigenvalue weighted by Crippen LogP contribution is -2.40. The fourth-order valence-electron chi connectivity index (χ4n) is 3.53. The number of nitrogens with zero attached hydrogens (tertiary/aromatic N) is 1. The summed E-state index contributed by atoms with van der Waals surface area (Å²) in [6.45, 7) is 10.7. The summed E-state index contributed by atoms with van der Waals surface area (Å²) in [6, 6.07) is 0. The first-order valence-electron chi connectivity index (χ1n) is 7.37. The second-order valence-electron chi connectivity index (χ2n) is 7.21. The van der Waals surface area contributed by atoms with Crippen LogP contribution in [0.2, 0.25) is 0 Å². The summed E-state index contributed by atoms with van der Waals surface area (Å²) in [4.78, 5) is 2.55. The molecule has 0 spiro atoms. The molecule has 3 unspecified atom stereocenters. The van der Waals surface area contributed by atoms with Crippen molar-refractivity contribution in [3.05, 3.63) is 0 Å². The Morgan fingerprint density at radius 3 is 2.35 bits per heavy atom. The van der Waals surface area contributed by atoms with E-state index in [0.29, 0.717) is 11.3 Å². The van der Waals surface area contributed by atoms with Gasteiger partial charge in [-0.25, -0.2) is 0 Å². The van der Waals surface area contributed by atoms with Crippen molar-refractivity contribution < 1.29 is 5.11 Å². The molecule has 2 aliphatic rings. The van der Waals surface area contributed by atoms with Crippen molar-refractivity contribution in [1.82, 2.24) is 4.90 Å². The zero-order valence-electron chi connectivity index (χ0n) is 11.8. The van der Waals surface area contributed by atoms with Crippen LogP contribution in [0.1, 0.15) is 52.9 Å². The van der Waals surface area contributed by atoms with Crippen LogP contribution in [0.25, 0.3) is 0 Å². The van der Waals surface area contributed by atoms with Crippen molar-refractivity contribution in [1.29, 1.82) is 0 Å². The maximum atomic E-state index is 10.2. The van der Waals surface area contributed by atoms with Gasteiger partial charge in [0.05, 0.1) is 6.10 Å². The predicted octanol–water partition coefficient (Wildman–Crippen LogP) is 2.91. The average molecular weight is 239 g/mol. The number of aliphatic hydroxyl groups excluding tert-OH is 1. The first-order chi connectivity index (χ1) is 7.97. The zero-order chi connectivity index (χ0) is 12.5. The molecule has 3 atom stereocenters. The molecule has 2 nitrogen and oxygen atoms in total. The second kappa shape index (κ2) is 5.27. The minimum Gasteiger partial charge on any atom is -0.393 e. The van der Waals surface area contributed by atoms with Gasteiger partial charge < -0.3 is 10.0 Å². The molecule has 1 N–H and O–H groups in total. The van der Waals surface area contributed by atoms with Crippen LogP contribution in [0.15, 0.2) is 0 Å². The molecule has 0 bridgehead atoms. The molecule has 2 rings (SSSR count). The maximum absolute atomic E-state index is 10.2. The van der Waals surface area contributed by atoms with E-state index < -0.39 is 0 Å². The van der Waals surface area contributed by atoms with Crippen LogP contribution in [-0.2, 0) is 0 Å². The van der Waals surface area contributed by atoms with E-state index in [9.17, 15) is 5.11 Å². The number of hydrogen-bond donors (Lipinski definition) is 1. The molecule has 100 valence electrons. The highest BCUT2D eigenvalue weighted by Gasteiger charge is 2.35. The molecule has 2 fully saturated rings. The fraction of sp³-hybridized carbons (Fsp3) is 1.00. The van der Waals surface area contributed by atoms with E-state index in [0.717, 1.165) is 18.9 Å². The maximum Gasteiger partial charge on any atom is 0.0580 e. The summed E-state index contributed by atoms with van der Waals surface area (Å²) in [5.41, 5.74) is 0.406. The smallest absolute Gasteiger partial charge is 0.0580 e. The van der Waals surface area contributed by atoms with Gasteiger partial charge in [0.1, 0.15) is 0 Å². The third-order valence-corrected chi connectivity index (χ3v) is 4.86. The second-order valence-corrected chi connectivity index (χ2v) is 7.21. The molecule has 1 aliphatic heterocycles. The highest BCUT2D eigenvalue weighted by Crippen LogP contribution is 2.40. The number of likely N-dealkylation sites (tertiary alicyclic amines) is 1. The first-order valence-corrected chi connectivity index (χ1v) is 7.37. The summed E-state index contributed by atoms with van der Waals surface area (Å²) in [5.74, 6) is 1.31. The molecule has 2 heteroatoms. The van der Waals surface area contributed by atoms with Crippen LogP contribution in [-0.4, -0.2) is 35.7 Å². The van der Waals surface area contributed by atoms with Gasteiger partial charge in [-0.3, -0.25) is 0 Å². The Bertz CT molecular complexity index is 240. The standard InChI is InChI=1S/C15H29NO/c1-15(2,3)13-6-7-14(17)12(10-13)11-16-8-4-5-9-16/h12-14,17H,4-11H2,1-3H3. The Kier molecular flexibility index (Phi) is 4.14. The van der Waals surface area contributed by atoms with Crippen molar-refractivity contribution in [2.75, 3.05) is 19.6 Å². The van der Waals surface area contributed by atoms with Gasteiger partial charge in [-0.2, -0.15) is 0 Å². The molecule has 0 amide bonds. The van der Waals surface area contributed by atoms with Gasteiger partial charge in [-0.05, 0) is 62.4 Å². The van der Waals surface area contributed by atoms with Crippen LogP contribution in [0, 0.1) is 17.3 Å². The van der Waals surface area contributed by atoms with Crippen LogP contribution >= 0.6 is 0 Å². The average Bonchev–Trinajstić information content (AvgIpc) is 2.72. The summed E-state index contributed by atoms with van der Waals surface area (Å²) >= 11 is 0. The van der Waals surface area contributed by atoms with E-state index in [4.69, 9.17) is 0 Å². The number of aliphatic hydroxyl groups is 1. The predicted molar refractivity (Wildman–Crippen MR) is 72.0 cm³/mol. The SMILES string of the molecule is CC(C)(C)C1CCC(O)C(CN2CCCC2)C1. The van der Waals surface area contributed by atoms with Crippen molar-refractivity contribution in [3.63, 3.8) is 0 Å². The molecule has 17 heavy (non-hydrogen) atoms. The van der Waals surface area contributed by atoms with Gasteiger partial charge in [-0.1, -0.05) is 20.8 Å². The molecular weight excluding hydrogens is 210 g/mol. The lowest BCUT2D eigenvalue weighted by Gasteiger charge is -2.41. The van der Waals surface area contributed by atoms with E-state index in [1.807, 2.05) is 0 Å². The van der Waals surface area contributed by atoms with Crippen molar-refractivity contribution in [3.8, 4) is 0 Å². The van der Waals surface area contributed by atoms with Gasteiger partial charge in [0.2, 0.25) is 0 Å². The third-order valence-electron chi connectivity index (χ3n) is 4.86. The van der Waals surface area contributed by atoms with Gasteiger partial charge in [-0.15, -0.1) is 0 Å². The molecule has 0 aromatic heterocycles. The molecule has 1 saturated carbocycles. The quantitative estimate of drug-likeness (QED) is 0.801. The van der Waals surface area contributed by atoms with Gasteiger partial charge in [0, 0.05) is 6.54 Å². The van der Waals surface area contributed by atoms with E-state index in [1.54, 1.807) is 0 Å². The number of rotatable bonds is 2. The molecule has 0 radical (unpaired) electrons. The van der Waals surface area contributed by atoms with E-state index >= 15 is 0 Å². The van der Waals surface area contributed by atoms with Crippen molar-refractivity contribution in [2.45, 2.75) is 59.0 Å². The van der Waals surface area contributed by atoms with Crippen molar-refractivity contribution in [2.24, 2.45) is 17.3 Å². The van der Waals surface area contributed by atoms with E-state index in [2.05, 4.69) is 25.7 Å². The minimum absolute atomic E-state index is 0.0470. The van der Waals surface area contributed by atoms with Crippen LogP contribution in [0.3, 0.4) is 0 Å². The Morgan fingerprint density at radius 2 is 1.76 bits per heavy atom. The summed E-state index contributed by atoms with van der Waals surface area (Å²) in [7, 11) is 0. The first kappa shape index (κ1) is 13.4. The Labute approximate surface area is 106 Å². The highest BCUT2D eigenvalue weighted by atomic mass is 16.3. The third kappa shape index (κ3) is 3.45. The normalized spacial score (nSPS) is 36.4. The molecule has 1 heterocycles. The van der Waals surface area contributed by atoms with Crippen molar-refractivity contribution >= 4 is 0 Å². The molecule has 0 aromatic carbocycles. The summed E-state index contributed by atoms with van der Waals surface area (Å²) in [5, 5.41) is 10.2. The van der Waals surface area contributed by atoms with Gasteiger partial charge >= 0.3 is 0 Å². The van der Waals surface area contributed by atoms with Crippen LogP contribution in [0.4, 0.5) is 0 Å². The highest BCUT2D eigenvalue weighted by molar-refractivity contribution is 4.87. The molecule has 1 aliphatic carbocycles. The van der Waals surface area contributed by atoms with Gasteiger partial charge in [0.25, 0.3) is 0 Å². The van der Waals surface area contributed by atoms with E-state index in [1.165, 1.54) is 38.8 Å². The lowest BCUT2D eigenvalue weighted by atomic mass is 9.68. The topological polar surface area (TPSA) is 23.5 Å². The number of hydrogen-bond acceptors (Lipinski definition) is 2. The van der Waals surface area contributed by atoms with Crippen LogP contribution in [0.5, 0.6) is 0 Å². The van der Waals surface area contributed by atoms with Gasteiger partial charge in [0.15, 0.2) is 0 Å². The summed E-state index contributed by atoms with van der Waals surface area (Å²) < 4.78 is 0. The molecular formula is C15H29NO. The molecule has 0 aromatic rings. The Morgan fingerprint density at radius 1 is 1.12 bits per heavy atom. The minimum atomic E-state index is -0.0470. The van der Waals surface area contributed by atoms with Crippen LogP contribution < -0.4 is 0 Å². The fourth-order valence-corrected chi connectivity index (χ4v) is 3.53.